The number of hydrogen-bond acceptors (Lipinski definition) is 2. The highest BCUT2D eigenvalue weighted by atomic mass is 16.3. The van der Waals surface area contributed by atoms with Crippen LogP contribution in [0.15, 0.2) is 29.7 Å². The summed E-state index contributed by atoms with van der Waals surface area (Å²) in [5.41, 5.74) is 5.80. The maximum absolute atomic E-state index is 8.67. The molecule has 0 bridgehead atoms. The molecule has 0 saturated heterocycles. The Morgan fingerprint density at radius 3 is 2.62 bits per heavy atom. The van der Waals surface area contributed by atoms with E-state index in [-0.39, 0.29) is 5.76 Å². The minimum Gasteiger partial charge on any atom is -0.448 e. The van der Waals surface area contributed by atoms with E-state index in [2.05, 4.69) is 6.08 Å². The summed E-state index contributed by atoms with van der Waals surface area (Å²) in [6.45, 7) is 0. The third kappa shape index (κ3) is 0.863. The first-order valence-electron chi connectivity index (χ1n) is 2.25. The van der Waals surface area contributed by atoms with E-state index in [0.29, 0.717) is 5.70 Å². The molecular formula is C6H6NO+. The number of nitrogens with two attached hydrogens (primary N) is 1. The molecule has 40 valence electrons. The molecule has 0 aromatic carbocycles. The quantitative estimate of drug-likeness (QED) is 0.447. The van der Waals surface area contributed by atoms with E-state index < -0.39 is 0 Å². The lowest BCUT2D eigenvalue weighted by Crippen LogP contribution is -1.95. The molecule has 8 heavy (non-hydrogen) atoms. The smallest absolute Gasteiger partial charge is 0.230 e. The molecule has 0 amide bonds. The first-order valence-corrected chi connectivity index (χ1v) is 2.25. The van der Waals surface area contributed by atoms with Gasteiger partial charge in [-0.25, -0.2) is 0 Å². The Kier molecular flexibility index (Phi) is 1.03. The molecule has 0 heterocycles. The van der Waals surface area contributed by atoms with Gasteiger partial charge in [-0.1, -0.05) is 0 Å². The van der Waals surface area contributed by atoms with Gasteiger partial charge >= 0.3 is 0 Å². The van der Waals surface area contributed by atoms with E-state index in [1.807, 2.05) is 0 Å². The highest BCUT2D eigenvalue weighted by molar-refractivity contribution is 5.29. The summed E-state index contributed by atoms with van der Waals surface area (Å²) in [5, 5.41) is 8.67. The lowest BCUT2D eigenvalue weighted by Gasteiger charge is -1.84. The monoisotopic (exact) mass is 108 g/mol. The normalized spacial score (nSPS) is 16.5. The van der Waals surface area contributed by atoms with Crippen molar-refractivity contribution in [1.29, 1.82) is 0 Å². The Balaban J connectivity index is 2.86. The van der Waals surface area contributed by atoms with E-state index >= 15 is 0 Å². The zero-order valence-electron chi connectivity index (χ0n) is 4.26. The van der Waals surface area contributed by atoms with Gasteiger partial charge in [0, 0.05) is 0 Å². The van der Waals surface area contributed by atoms with Crippen LogP contribution in [0.1, 0.15) is 0 Å². The number of allylic oxidation sites excluding steroid dienone is 4. The van der Waals surface area contributed by atoms with Crippen molar-refractivity contribution < 1.29 is 5.11 Å². The van der Waals surface area contributed by atoms with Crippen LogP contribution in [0, 0.1) is 6.08 Å². The molecule has 0 radical (unpaired) electrons. The maximum atomic E-state index is 8.67. The molecule has 0 saturated carbocycles. The summed E-state index contributed by atoms with van der Waals surface area (Å²) in [6, 6.07) is 0. The van der Waals surface area contributed by atoms with Crippen LogP contribution in [0.3, 0.4) is 0 Å². The SMILES string of the molecule is NC1=[C+]C=C(O)C=C1. The van der Waals surface area contributed by atoms with Gasteiger partial charge < -0.3 is 10.8 Å². The summed E-state index contributed by atoms with van der Waals surface area (Å²) in [7, 11) is 0. The van der Waals surface area contributed by atoms with Gasteiger partial charge in [0.2, 0.25) is 11.5 Å². The molecule has 0 spiro atoms. The maximum Gasteiger partial charge on any atom is 0.230 e. The second-order valence-electron chi connectivity index (χ2n) is 1.50. The largest absolute Gasteiger partial charge is 0.448 e. The number of aliphatic hydroxyl groups excluding tert-OH is 1. The Hall–Kier alpha value is -1.27. The van der Waals surface area contributed by atoms with Gasteiger partial charge in [-0.2, -0.15) is 0 Å². The fourth-order valence-electron chi connectivity index (χ4n) is 0.429. The molecule has 2 nitrogen and oxygen atoms in total. The standard InChI is InChI=1S/C6H5NO/c7-5-1-3-6(8)4-2-5/h1,3-4H,7H2/p+1. The van der Waals surface area contributed by atoms with Gasteiger partial charge in [-0.15, -0.1) is 0 Å². The Morgan fingerprint density at radius 1 is 1.50 bits per heavy atom. The Bertz CT molecular complexity index is 157. The zero-order chi connectivity index (χ0) is 5.98. The molecular weight excluding hydrogens is 102 g/mol. The molecule has 1 aliphatic carbocycles. The molecule has 0 atom stereocenters. The van der Waals surface area contributed by atoms with Crippen LogP contribution in [-0.2, 0) is 0 Å². The third-order valence-corrected chi connectivity index (χ3v) is 0.820. The first kappa shape index (κ1) is 4.88. The van der Waals surface area contributed by atoms with Crippen molar-refractivity contribution in [1.82, 2.24) is 0 Å². The first-order chi connectivity index (χ1) is 3.79. The summed E-state index contributed by atoms with van der Waals surface area (Å²) in [4.78, 5) is 0. The zero-order valence-corrected chi connectivity index (χ0v) is 4.26. The minimum atomic E-state index is 0.194. The average Bonchev–Trinajstić information content (AvgIpc) is 1.77. The molecule has 0 aromatic heterocycles. The molecule has 1 aliphatic rings. The fourth-order valence-corrected chi connectivity index (χ4v) is 0.429. The van der Waals surface area contributed by atoms with Crippen molar-refractivity contribution in [2.45, 2.75) is 0 Å². The van der Waals surface area contributed by atoms with E-state index in [0.717, 1.165) is 0 Å². The topological polar surface area (TPSA) is 46.2 Å². The molecule has 2 heteroatoms. The fraction of sp³-hybridized carbons (Fsp3) is 0. The van der Waals surface area contributed by atoms with Gasteiger partial charge in [0.25, 0.3) is 0 Å². The van der Waals surface area contributed by atoms with Gasteiger partial charge in [-0.3, -0.25) is 0 Å². The second kappa shape index (κ2) is 1.68. The van der Waals surface area contributed by atoms with E-state index in [4.69, 9.17) is 10.8 Å². The van der Waals surface area contributed by atoms with Crippen molar-refractivity contribution >= 4 is 0 Å². The predicted octanol–water partition coefficient (Wildman–Crippen LogP) is 0.644. The van der Waals surface area contributed by atoms with Crippen molar-refractivity contribution in [2.75, 3.05) is 0 Å². The van der Waals surface area contributed by atoms with E-state index in [1.165, 1.54) is 12.2 Å². The van der Waals surface area contributed by atoms with Crippen molar-refractivity contribution in [3.63, 3.8) is 0 Å². The average molecular weight is 108 g/mol. The van der Waals surface area contributed by atoms with Crippen LogP contribution in [0.5, 0.6) is 0 Å². The summed E-state index contributed by atoms with van der Waals surface area (Å²) in [5.74, 6) is 0.194. The van der Waals surface area contributed by atoms with Crippen molar-refractivity contribution in [3.8, 4) is 0 Å². The summed E-state index contributed by atoms with van der Waals surface area (Å²) >= 11 is 0. The summed E-state index contributed by atoms with van der Waals surface area (Å²) < 4.78 is 0. The molecule has 0 aliphatic heterocycles. The molecule has 0 fully saturated rings. The van der Waals surface area contributed by atoms with Gasteiger partial charge in [0.1, 0.15) is 6.08 Å². The van der Waals surface area contributed by atoms with Gasteiger partial charge in [-0.05, 0) is 0 Å². The minimum absolute atomic E-state index is 0.194. The van der Waals surface area contributed by atoms with Gasteiger partial charge in [0.15, 0.2) is 0 Å². The predicted molar refractivity (Wildman–Crippen MR) is 30.8 cm³/mol. The highest BCUT2D eigenvalue weighted by Crippen LogP contribution is 2.00. The Labute approximate surface area is 47.6 Å². The van der Waals surface area contributed by atoms with Crippen molar-refractivity contribution in [3.05, 3.63) is 35.8 Å². The second-order valence-corrected chi connectivity index (χ2v) is 1.50. The van der Waals surface area contributed by atoms with Crippen LogP contribution in [-0.4, -0.2) is 5.11 Å². The van der Waals surface area contributed by atoms with Crippen LogP contribution in [0.4, 0.5) is 0 Å². The summed E-state index contributed by atoms with van der Waals surface area (Å²) in [6.07, 6.45) is 7.17. The molecule has 0 unspecified atom stereocenters. The van der Waals surface area contributed by atoms with Gasteiger partial charge in [0.05, 0.1) is 18.2 Å². The van der Waals surface area contributed by atoms with Crippen LogP contribution >= 0.6 is 0 Å². The van der Waals surface area contributed by atoms with Crippen LogP contribution in [0.2, 0.25) is 0 Å². The number of aliphatic hydroxyl groups is 1. The lowest BCUT2D eigenvalue weighted by molar-refractivity contribution is 0.431. The number of hydrogen-bond donors (Lipinski definition) is 2. The highest BCUT2D eigenvalue weighted by Gasteiger charge is 2.01. The van der Waals surface area contributed by atoms with E-state index in [9.17, 15) is 0 Å². The lowest BCUT2D eigenvalue weighted by atomic mass is 10.2. The van der Waals surface area contributed by atoms with Crippen molar-refractivity contribution in [2.24, 2.45) is 5.73 Å². The molecule has 1 rings (SSSR count). The van der Waals surface area contributed by atoms with Crippen LogP contribution < -0.4 is 5.73 Å². The molecule has 3 N–H and O–H groups in total. The van der Waals surface area contributed by atoms with E-state index in [1.54, 1.807) is 6.08 Å². The van der Waals surface area contributed by atoms with Crippen LogP contribution in [0.25, 0.3) is 0 Å². The molecule has 0 aromatic rings. The Morgan fingerprint density at radius 2 is 2.25 bits per heavy atom. The number of rotatable bonds is 0. The third-order valence-electron chi connectivity index (χ3n) is 0.820.